The van der Waals surface area contributed by atoms with Crippen LogP contribution in [0.1, 0.15) is 310 Å². The van der Waals surface area contributed by atoms with Crippen molar-refractivity contribution < 1.29 is 80.2 Å². The van der Waals surface area contributed by atoms with Crippen molar-refractivity contribution in [3.05, 3.63) is 109 Å². The number of phosphoric acid groups is 2. The minimum atomic E-state index is -4.98. The predicted molar refractivity (Wildman–Crippen MR) is 399 cm³/mol. The van der Waals surface area contributed by atoms with Gasteiger partial charge in [0.05, 0.1) is 26.4 Å². The van der Waals surface area contributed by atoms with Gasteiger partial charge < -0.3 is 33.8 Å². The number of aliphatic hydroxyl groups excluding tert-OH is 1. The van der Waals surface area contributed by atoms with Gasteiger partial charge in [-0.05, 0) is 122 Å². The van der Waals surface area contributed by atoms with Crippen molar-refractivity contribution in [1.82, 2.24) is 0 Å². The molecule has 98 heavy (non-hydrogen) atoms. The number of phosphoric ester groups is 2. The minimum absolute atomic E-state index is 0.0686. The molecule has 3 N–H and O–H groups in total. The lowest BCUT2D eigenvalue weighted by molar-refractivity contribution is -0.161. The van der Waals surface area contributed by atoms with E-state index in [1.54, 1.807) is 0 Å². The number of allylic oxidation sites excluding steroid dienone is 18. The summed E-state index contributed by atoms with van der Waals surface area (Å²) in [4.78, 5) is 72.8. The van der Waals surface area contributed by atoms with Crippen molar-refractivity contribution in [3.8, 4) is 0 Å². The van der Waals surface area contributed by atoms with Crippen molar-refractivity contribution >= 4 is 39.5 Å². The SMILES string of the molecule is CC/C=C\C/C=C\C/C=C\C/C=C\CCCCC(=O)OCC(COP(=O)(O)OCC(O)COP(=O)(O)OCC(COC(=O)CCCCCCCCC/C=C\C/C=C\C/C=C\CC)OC(=O)CCCCCCCCCCCCCCC)OC(=O)CCCCCCC/C=C\C/C=C\CCC. The highest BCUT2D eigenvalue weighted by atomic mass is 31.2. The third kappa shape index (κ3) is 70.2. The minimum Gasteiger partial charge on any atom is -0.462 e. The molecule has 0 aliphatic carbocycles. The summed E-state index contributed by atoms with van der Waals surface area (Å²) in [5, 5.41) is 10.6. The fourth-order valence-corrected chi connectivity index (χ4v) is 11.5. The maximum atomic E-state index is 13.1. The Morgan fingerprint density at radius 1 is 0.296 bits per heavy atom. The van der Waals surface area contributed by atoms with Crippen LogP contribution in [-0.2, 0) is 65.4 Å². The third-order valence-electron chi connectivity index (χ3n) is 15.7. The molecule has 19 heteroatoms. The van der Waals surface area contributed by atoms with Crippen molar-refractivity contribution in [2.45, 2.75) is 329 Å². The Bertz CT molecular complexity index is 2290. The first-order valence-electron chi connectivity index (χ1n) is 38.1. The molecule has 0 saturated carbocycles. The fraction of sp³-hybridized carbons (Fsp3) is 0.722. The van der Waals surface area contributed by atoms with E-state index >= 15 is 0 Å². The topological polar surface area (TPSA) is 237 Å². The largest absolute Gasteiger partial charge is 0.472 e. The highest BCUT2D eigenvalue weighted by molar-refractivity contribution is 7.47. The summed E-state index contributed by atoms with van der Waals surface area (Å²) < 4.78 is 68.4. The molecule has 0 saturated heterocycles. The number of aliphatic hydroxyl groups is 1. The van der Waals surface area contributed by atoms with Gasteiger partial charge in [-0.1, -0.05) is 272 Å². The molecule has 0 heterocycles. The number of unbranched alkanes of at least 4 members (excludes halogenated alkanes) is 27. The van der Waals surface area contributed by atoms with Gasteiger partial charge in [0, 0.05) is 25.7 Å². The van der Waals surface area contributed by atoms with Gasteiger partial charge in [0.25, 0.3) is 0 Å². The lowest BCUT2D eigenvalue weighted by atomic mass is 10.0. The molecule has 0 aromatic heterocycles. The summed E-state index contributed by atoms with van der Waals surface area (Å²) in [7, 11) is -9.96. The molecule has 0 rings (SSSR count). The molecule has 0 aromatic carbocycles. The van der Waals surface area contributed by atoms with E-state index in [-0.39, 0.29) is 25.7 Å². The van der Waals surface area contributed by atoms with E-state index in [0.29, 0.717) is 25.7 Å². The van der Waals surface area contributed by atoms with Gasteiger partial charge in [-0.3, -0.25) is 37.3 Å². The monoisotopic (exact) mass is 1420 g/mol. The van der Waals surface area contributed by atoms with Crippen LogP contribution in [0.3, 0.4) is 0 Å². The van der Waals surface area contributed by atoms with Crippen LogP contribution >= 0.6 is 15.6 Å². The average Bonchev–Trinajstić information content (AvgIpc) is 0.971. The number of hydrogen-bond acceptors (Lipinski definition) is 15. The van der Waals surface area contributed by atoms with Gasteiger partial charge in [0.15, 0.2) is 12.2 Å². The Hall–Kier alpha value is -4.28. The van der Waals surface area contributed by atoms with Crippen LogP contribution in [0.25, 0.3) is 0 Å². The van der Waals surface area contributed by atoms with E-state index in [9.17, 15) is 43.2 Å². The molecule has 0 aliphatic heterocycles. The summed E-state index contributed by atoms with van der Waals surface area (Å²) >= 11 is 0. The molecule has 564 valence electrons. The summed E-state index contributed by atoms with van der Waals surface area (Å²) in [6, 6.07) is 0. The summed E-state index contributed by atoms with van der Waals surface area (Å²) in [5.41, 5.74) is 0. The first-order valence-corrected chi connectivity index (χ1v) is 41.1. The first kappa shape index (κ1) is 93.7. The van der Waals surface area contributed by atoms with Crippen molar-refractivity contribution in [2.24, 2.45) is 0 Å². The fourth-order valence-electron chi connectivity index (χ4n) is 9.97. The molecule has 0 amide bonds. The zero-order valence-corrected chi connectivity index (χ0v) is 63.2. The highest BCUT2D eigenvalue weighted by Gasteiger charge is 2.30. The van der Waals surface area contributed by atoms with E-state index < -0.39 is 97.5 Å². The molecule has 5 atom stereocenters. The Labute approximate surface area is 594 Å². The number of hydrogen-bond donors (Lipinski definition) is 3. The van der Waals surface area contributed by atoms with E-state index in [2.05, 4.69) is 137 Å². The van der Waals surface area contributed by atoms with Crippen LogP contribution in [0.2, 0.25) is 0 Å². The second-order valence-corrected chi connectivity index (χ2v) is 28.1. The quantitative estimate of drug-likeness (QED) is 0.0169. The number of esters is 4. The van der Waals surface area contributed by atoms with Crippen LogP contribution in [0.15, 0.2) is 109 Å². The van der Waals surface area contributed by atoms with Crippen molar-refractivity contribution in [1.29, 1.82) is 0 Å². The second kappa shape index (κ2) is 71.1. The maximum Gasteiger partial charge on any atom is 0.472 e. The molecule has 5 unspecified atom stereocenters. The van der Waals surface area contributed by atoms with Gasteiger partial charge in [-0.15, -0.1) is 0 Å². The van der Waals surface area contributed by atoms with Crippen LogP contribution in [0.4, 0.5) is 0 Å². The van der Waals surface area contributed by atoms with Crippen LogP contribution in [0, 0.1) is 0 Å². The van der Waals surface area contributed by atoms with E-state index in [1.165, 1.54) is 51.4 Å². The van der Waals surface area contributed by atoms with Crippen LogP contribution < -0.4 is 0 Å². The van der Waals surface area contributed by atoms with Crippen molar-refractivity contribution in [2.75, 3.05) is 39.6 Å². The molecule has 17 nitrogen and oxygen atoms in total. The van der Waals surface area contributed by atoms with Crippen LogP contribution in [0.5, 0.6) is 0 Å². The van der Waals surface area contributed by atoms with E-state index in [0.717, 1.165) is 180 Å². The van der Waals surface area contributed by atoms with Gasteiger partial charge in [-0.25, -0.2) is 9.13 Å². The average molecular weight is 1420 g/mol. The third-order valence-corrected chi connectivity index (χ3v) is 17.6. The van der Waals surface area contributed by atoms with Crippen molar-refractivity contribution in [3.63, 3.8) is 0 Å². The Morgan fingerprint density at radius 3 is 0.878 bits per heavy atom. The number of rotatable bonds is 71. The van der Waals surface area contributed by atoms with E-state index in [1.807, 2.05) is 0 Å². The van der Waals surface area contributed by atoms with E-state index in [4.69, 9.17) is 37.0 Å². The maximum absolute atomic E-state index is 13.1. The molecule has 0 aromatic rings. The molecule has 0 spiro atoms. The number of carbonyl (C=O) groups excluding carboxylic acids is 4. The van der Waals surface area contributed by atoms with Gasteiger partial charge >= 0.3 is 39.5 Å². The lowest BCUT2D eigenvalue weighted by Crippen LogP contribution is -2.30. The normalized spacial score (nSPS) is 14.6. The number of ether oxygens (including phenoxy) is 4. The van der Waals surface area contributed by atoms with Gasteiger partial charge in [-0.2, -0.15) is 0 Å². The molecule has 0 fully saturated rings. The number of carbonyl (C=O) groups is 4. The van der Waals surface area contributed by atoms with Crippen LogP contribution in [-0.4, -0.2) is 96.7 Å². The predicted octanol–water partition coefficient (Wildman–Crippen LogP) is 21.8. The zero-order chi connectivity index (χ0) is 71.8. The second-order valence-electron chi connectivity index (χ2n) is 25.2. The Balaban J connectivity index is 5.37. The standard InChI is InChI=1S/C79H136O17P2/c1-5-9-13-17-21-25-29-33-35-36-38-42-44-48-52-56-60-64-77(82)90-70-75(96-79(84)66-62-58-54-50-46-40-32-28-24-20-16-12-8-4)72-94-98(87,88)92-68-73(80)67-91-97(85,86)93-71-74(95-78(83)65-61-57-53-49-45-39-31-27-23-19-15-11-7-3)69-89-76(81)63-59-55-51-47-43-41-37-34-30-26-22-18-14-10-6-2/h9-10,13-15,19,21-22,25-27,31,33-35,37,43,47,73-75,80H,5-8,11-12,16-18,20,23-24,28-30,32,36,38-42,44-46,48-72H2,1-4H3,(H,85,86)(H,87,88)/b13-9-,14-10-,19-15-,25-21-,26-22-,31-27-,35-33-,37-34-,47-43-. The molecular weight excluding hydrogens is 1280 g/mol. The zero-order valence-electron chi connectivity index (χ0n) is 61.4. The molecule has 0 aliphatic rings. The molecule has 0 bridgehead atoms. The van der Waals surface area contributed by atoms with Gasteiger partial charge in [0.1, 0.15) is 19.3 Å². The summed E-state index contributed by atoms with van der Waals surface area (Å²) in [5.74, 6) is -2.24. The summed E-state index contributed by atoms with van der Waals surface area (Å²) in [6.45, 7) is 4.52. The molecule has 0 radical (unpaired) electrons. The Kier molecular flexibility index (Phi) is 68.0. The first-order chi connectivity index (χ1) is 47.7. The lowest BCUT2D eigenvalue weighted by Gasteiger charge is -2.21. The Morgan fingerprint density at radius 2 is 0.551 bits per heavy atom. The highest BCUT2D eigenvalue weighted by Crippen LogP contribution is 2.45. The molecular formula is C79H136O17P2. The smallest absolute Gasteiger partial charge is 0.462 e. The summed E-state index contributed by atoms with van der Waals surface area (Å²) in [6.07, 6.45) is 75.1. The van der Waals surface area contributed by atoms with Gasteiger partial charge in [0.2, 0.25) is 0 Å².